The van der Waals surface area contributed by atoms with Crippen LogP contribution in [0.4, 0.5) is 4.79 Å². The molecule has 4 saturated carbocycles. The smallest absolute Gasteiger partial charge is 0.311 e. The van der Waals surface area contributed by atoms with Crippen LogP contribution in [0.2, 0.25) is 0 Å². The highest BCUT2D eigenvalue weighted by molar-refractivity contribution is 7.10. The van der Waals surface area contributed by atoms with E-state index in [9.17, 15) is 14.4 Å². The van der Waals surface area contributed by atoms with E-state index in [2.05, 4.69) is 18.4 Å². The second kappa shape index (κ2) is 6.63. The van der Waals surface area contributed by atoms with Gasteiger partial charge in [-0.2, -0.15) is 0 Å². The maximum Gasteiger partial charge on any atom is 0.339 e. The Kier molecular flexibility index (Phi) is 4.20. The van der Waals surface area contributed by atoms with Crippen LogP contribution in [-0.2, 0) is 16.0 Å². The van der Waals surface area contributed by atoms with Gasteiger partial charge in [0.15, 0.2) is 6.67 Å². The van der Waals surface area contributed by atoms with Gasteiger partial charge >= 0.3 is 17.8 Å². The summed E-state index contributed by atoms with van der Waals surface area (Å²) in [6.07, 6.45) is 8.38. The topological polar surface area (TPSA) is 62.1 Å². The first-order chi connectivity index (χ1) is 14.5. The minimum atomic E-state index is -0.603. The highest BCUT2D eigenvalue weighted by Crippen LogP contribution is 2.58. The van der Waals surface area contributed by atoms with Crippen LogP contribution in [0.1, 0.15) is 68.4 Å². The van der Waals surface area contributed by atoms with E-state index in [1.807, 2.05) is 0 Å². The zero-order chi connectivity index (χ0) is 20.6. The van der Waals surface area contributed by atoms with Crippen molar-refractivity contribution in [3.05, 3.63) is 21.9 Å². The molecular formula is C23H30N3O3S+. The Morgan fingerprint density at radius 1 is 1.07 bits per heavy atom. The van der Waals surface area contributed by atoms with Crippen molar-refractivity contribution in [1.82, 2.24) is 9.80 Å². The van der Waals surface area contributed by atoms with Crippen LogP contribution in [0, 0.1) is 17.8 Å². The van der Waals surface area contributed by atoms with E-state index in [-0.39, 0.29) is 12.1 Å². The molecule has 7 heteroatoms. The van der Waals surface area contributed by atoms with E-state index < -0.39 is 17.4 Å². The van der Waals surface area contributed by atoms with Crippen molar-refractivity contribution in [2.45, 2.75) is 69.9 Å². The maximum absolute atomic E-state index is 13.5. The number of carbonyl (C=O) groups is 3. The molecule has 1 N–H and O–H groups in total. The fourth-order valence-corrected chi connectivity index (χ4v) is 8.78. The summed E-state index contributed by atoms with van der Waals surface area (Å²) in [6.45, 7) is 3.37. The molecule has 6 nitrogen and oxygen atoms in total. The van der Waals surface area contributed by atoms with E-state index >= 15 is 0 Å². The van der Waals surface area contributed by atoms with Gasteiger partial charge in [0.1, 0.15) is 6.04 Å². The molecule has 0 aromatic carbocycles. The second-order valence-corrected chi connectivity index (χ2v) is 11.4. The molecule has 1 unspecified atom stereocenters. The van der Waals surface area contributed by atoms with Gasteiger partial charge in [0.25, 0.3) is 0 Å². The Balaban J connectivity index is 1.26. The van der Waals surface area contributed by atoms with Crippen molar-refractivity contribution in [2.24, 2.45) is 17.8 Å². The van der Waals surface area contributed by atoms with Crippen molar-refractivity contribution in [1.29, 1.82) is 0 Å². The van der Waals surface area contributed by atoms with E-state index in [0.717, 1.165) is 38.6 Å². The molecular weight excluding hydrogens is 398 g/mol. The molecule has 4 amide bonds. The standard InChI is InChI=1S/C23H29N3O3S/c1-2-18-17-4-6-30-19(17)3-5-24(18)13-25-20(27)21(28)26(22(25)29)23-10-14-7-15(11-23)9-16(8-14)12-23/h4,6,14-16,18H,2-3,5,7-13H2,1H3/p+1/t14?,15?,16?,18-,23?/m1/s1. The lowest BCUT2D eigenvalue weighted by molar-refractivity contribution is -0.940. The summed E-state index contributed by atoms with van der Waals surface area (Å²) in [5.74, 6) is 0.692. The zero-order valence-electron chi connectivity index (χ0n) is 17.6. The van der Waals surface area contributed by atoms with Gasteiger partial charge in [0.05, 0.1) is 12.1 Å². The van der Waals surface area contributed by atoms with Crippen LogP contribution in [0.3, 0.4) is 0 Å². The highest BCUT2D eigenvalue weighted by atomic mass is 32.1. The van der Waals surface area contributed by atoms with Gasteiger partial charge < -0.3 is 4.90 Å². The normalized spacial score (nSPS) is 39.9. The van der Waals surface area contributed by atoms with E-state index in [1.54, 1.807) is 11.3 Å². The molecule has 2 atom stereocenters. The van der Waals surface area contributed by atoms with Crippen molar-refractivity contribution < 1.29 is 19.3 Å². The van der Waals surface area contributed by atoms with Gasteiger partial charge in [0, 0.05) is 23.3 Å². The SMILES string of the molecule is CC[C@@H]1c2ccsc2CC[NH+]1CN1C(=O)C(=O)N(C23CC4CC(CC(C4)C2)C3)C1=O. The van der Waals surface area contributed by atoms with Gasteiger partial charge in [-0.15, -0.1) is 11.3 Å². The van der Waals surface area contributed by atoms with Crippen molar-refractivity contribution in [3.63, 3.8) is 0 Å². The summed E-state index contributed by atoms with van der Waals surface area (Å²) in [6, 6.07) is 2.13. The number of nitrogens with zero attached hydrogens (tertiary/aromatic N) is 2. The number of hydrogen-bond acceptors (Lipinski definition) is 4. The van der Waals surface area contributed by atoms with E-state index in [1.165, 1.54) is 44.4 Å². The van der Waals surface area contributed by atoms with Crippen molar-refractivity contribution in [3.8, 4) is 0 Å². The number of thiophene rings is 1. The number of nitrogens with one attached hydrogen (secondary N) is 1. The molecule has 2 aliphatic heterocycles. The summed E-state index contributed by atoms with van der Waals surface area (Å²) in [4.78, 5) is 44.9. The molecule has 0 spiro atoms. The molecule has 1 aromatic rings. The summed E-state index contributed by atoms with van der Waals surface area (Å²) in [5, 5.41) is 2.14. The minimum absolute atomic E-state index is 0.282. The van der Waals surface area contributed by atoms with Crippen LogP contribution in [0.25, 0.3) is 0 Å². The molecule has 7 rings (SSSR count). The van der Waals surface area contributed by atoms with Crippen LogP contribution in [0.5, 0.6) is 0 Å². The molecule has 3 heterocycles. The summed E-state index contributed by atoms with van der Waals surface area (Å²) < 4.78 is 0. The molecule has 6 aliphatic rings. The Bertz CT molecular complexity index is 889. The lowest BCUT2D eigenvalue weighted by atomic mass is 9.52. The van der Waals surface area contributed by atoms with Gasteiger partial charge in [-0.05, 0) is 67.7 Å². The second-order valence-electron chi connectivity index (χ2n) is 10.4. The predicted molar refractivity (Wildman–Crippen MR) is 112 cm³/mol. The zero-order valence-corrected chi connectivity index (χ0v) is 18.4. The molecule has 160 valence electrons. The third-order valence-corrected chi connectivity index (χ3v) is 9.62. The van der Waals surface area contributed by atoms with Gasteiger partial charge in [-0.1, -0.05) is 6.92 Å². The molecule has 1 aromatic heterocycles. The minimum Gasteiger partial charge on any atom is -0.311 e. The number of rotatable bonds is 4. The van der Waals surface area contributed by atoms with Gasteiger partial charge in [0.2, 0.25) is 0 Å². The third kappa shape index (κ3) is 2.60. The average molecular weight is 429 g/mol. The van der Waals surface area contributed by atoms with Crippen LogP contribution < -0.4 is 4.90 Å². The largest absolute Gasteiger partial charge is 0.339 e. The number of quaternary nitrogens is 1. The summed E-state index contributed by atoms with van der Waals surface area (Å²) in [7, 11) is 0. The Morgan fingerprint density at radius 3 is 2.37 bits per heavy atom. The van der Waals surface area contributed by atoms with E-state index in [0.29, 0.717) is 24.4 Å². The van der Waals surface area contributed by atoms with Crippen LogP contribution in [-0.4, -0.2) is 46.4 Å². The number of urea groups is 1. The summed E-state index contributed by atoms with van der Waals surface area (Å²) >= 11 is 1.80. The van der Waals surface area contributed by atoms with E-state index in [4.69, 9.17) is 0 Å². The third-order valence-electron chi connectivity index (χ3n) is 8.62. The maximum atomic E-state index is 13.5. The van der Waals surface area contributed by atoms with Crippen LogP contribution in [0.15, 0.2) is 11.4 Å². The first-order valence-corrected chi connectivity index (χ1v) is 12.5. The highest BCUT2D eigenvalue weighted by Gasteiger charge is 2.61. The summed E-state index contributed by atoms with van der Waals surface area (Å²) in [5.41, 5.74) is 0.960. The lowest BCUT2D eigenvalue weighted by Crippen LogP contribution is -3.14. The molecule has 4 bridgehead atoms. The lowest BCUT2D eigenvalue weighted by Gasteiger charge is -2.58. The monoisotopic (exact) mass is 428 g/mol. The Morgan fingerprint density at radius 2 is 1.73 bits per heavy atom. The van der Waals surface area contributed by atoms with Gasteiger partial charge in [-0.3, -0.25) is 9.59 Å². The molecule has 5 fully saturated rings. The van der Waals surface area contributed by atoms with Crippen molar-refractivity contribution >= 4 is 29.2 Å². The quantitative estimate of drug-likeness (QED) is 0.592. The first kappa shape index (κ1) is 19.0. The molecule has 4 aliphatic carbocycles. The number of amides is 4. The molecule has 30 heavy (non-hydrogen) atoms. The van der Waals surface area contributed by atoms with Gasteiger partial charge in [-0.25, -0.2) is 14.6 Å². The first-order valence-electron chi connectivity index (χ1n) is 11.6. The number of fused-ring (bicyclic) bond motifs is 1. The number of carbonyl (C=O) groups excluding carboxylic acids is 3. The predicted octanol–water partition coefficient (Wildman–Crippen LogP) is 2.36. The number of imide groups is 2. The Labute approximate surface area is 181 Å². The fraction of sp³-hybridized carbons (Fsp3) is 0.696. The fourth-order valence-electron chi connectivity index (χ4n) is 7.84. The van der Waals surface area contributed by atoms with Crippen molar-refractivity contribution in [2.75, 3.05) is 13.2 Å². The molecule has 1 saturated heterocycles. The van der Waals surface area contributed by atoms with Crippen LogP contribution >= 0.6 is 11.3 Å². The number of hydrogen-bond donors (Lipinski definition) is 1. The molecule has 0 radical (unpaired) electrons. The Hall–Kier alpha value is -1.73. The average Bonchev–Trinajstić information content (AvgIpc) is 3.26.